The first-order valence-electron chi connectivity index (χ1n) is 5.89. The second kappa shape index (κ2) is 5.15. The summed E-state index contributed by atoms with van der Waals surface area (Å²) in [5.41, 5.74) is 0.0816. The Bertz CT molecular complexity index is 253. The highest BCUT2D eigenvalue weighted by molar-refractivity contribution is 5.75. The highest BCUT2D eigenvalue weighted by atomic mass is 16.5. The third kappa shape index (κ3) is 2.55. The molecule has 0 aromatic heterocycles. The van der Waals surface area contributed by atoms with E-state index in [-0.39, 0.29) is 17.4 Å². The summed E-state index contributed by atoms with van der Waals surface area (Å²) >= 11 is 0. The highest BCUT2D eigenvalue weighted by Gasteiger charge is 2.49. The van der Waals surface area contributed by atoms with E-state index in [9.17, 15) is 4.79 Å². The summed E-state index contributed by atoms with van der Waals surface area (Å²) in [6, 6.07) is 0.0648. The van der Waals surface area contributed by atoms with Gasteiger partial charge >= 0.3 is 5.97 Å². The van der Waals surface area contributed by atoms with Gasteiger partial charge in [0.2, 0.25) is 0 Å². The summed E-state index contributed by atoms with van der Waals surface area (Å²) in [7, 11) is 1.41. The molecule has 1 saturated carbocycles. The van der Waals surface area contributed by atoms with Crippen LogP contribution < -0.4 is 5.32 Å². The highest BCUT2D eigenvalue weighted by Crippen LogP contribution is 2.42. The molecular formula is C12H23NO3. The number of rotatable bonds is 5. The quantitative estimate of drug-likeness (QED) is 0.723. The average molecular weight is 229 g/mol. The normalized spacial score (nSPS) is 29.3. The number of carbonyl (C=O) groups is 1. The second-order valence-corrected chi connectivity index (χ2v) is 4.97. The number of hydrogen-bond donors (Lipinski definition) is 1. The first-order valence-corrected chi connectivity index (χ1v) is 5.89. The van der Waals surface area contributed by atoms with E-state index < -0.39 is 0 Å². The van der Waals surface area contributed by atoms with Crippen molar-refractivity contribution in [3.8, 4) is 0 Å². The van der Waals surface area contributed by atoms with Crippen LogP contribution in [0.25, 0.3) is 0 Å². The lowest BCUT2D eigenvalue weighted by molar-refractivity contribution is -0.147. The molecule has 94 valence electrons. The van der Waals surface area contributed by atoms with E-state index in [1.54, 1.807) is 0 Å². The van der Waals surface area contributed by atoms with Crippen LogP contribution in [0.4, 0.5) is 0 Å². The number of hydrogen-bond acceptors (Lipinski definition) is 4. The Kier molecular flexibility index (Phi) is 4.33. The van der Waals surface area contributed by atoms with Gasteiger partial charge in [0.1, 0.15) is 6.04 Å². The molecule has 1 fully saturated rings. The van der Waals surface area contributed by atoms with Gasteiger partial charge in [-0.25, -0.2) is 0 Å². The molecule has 3 atom stereocenters. The Hall–Kier alpha value is -0.610. The maximum Gasteiger partial charge on any atom is 0.322 e. The minimum Gasteiger partial charge on any atom is -0.468 e. The molecule has 0 saturated heterocycles. The Balaban J connectivity index is 2.44. The largest absolute Gasteiger partial charge is 0.468 e. The Morgan fingerprint density at radius 1 is 1.56 bits per heavy atom. The average Bonchev–Trinajstić information content (AvgIpc) is 2.26. The molecule has 1 N–H and O–H groups in total. The van der Waals surface area contributed by atoms with Crippen LogP contribution in [0, 0.1) is 5.41 Å². The number of esters is 1. The number of ether oxygens (including phenoxy) is 2. The smallest absolute Gasteiger partial charge is 0.322 e. The predicted octanol–water partition coefficient (Wildman–Crippen LogP) is 1.34. The molecule has 0 bridgehead atoms. The summed E-state index contributed by atoms with van der Waals surface area (Å²) in [6.45, 7) is 8.91. The lowest BCUT2D eigenvalue weighted by Gasteiger charge is -2.52. The van der Waals surface area contributed by atoms with Gasteiger partial charge in [-0.1, -0.05) is 13.8 Å². The van der Waals surface area contributed by atoms with Crippen molar-refractivity contribution in [3.05, 3.63) is 0 Å². The molecule has 0 amide bonds. The summed E-state index contributed by atoms with van der Waals surface area (Å²) in [4.78, 5) is 11.3. The molecule has 0 spiro atoms. The van der Waals surface area contributed by atoms with Crippen molar-refractivity contribution in [1.29, 1.82) is 0 Å². The Morgan fingerprint density at radius 3 is 2.62 bits per heavy atom. The van der Waals surface area contributed by atoms with E-state index in [0.29, 0.717) is 12.1 Å². The molecule has 16 heavy (non-hydrogen) atoms. The van der Waals surface area contributed by atoms with Gasteiger partial charge in [0, 0.05) is 18.1 Å². The van der Waals surface area contributed by atoms with Gasteiger partial charge in [0.15, 0.2) is 0 Å². The third-order valence-electron chi connectivity index (χ3n) is 3.55. The van der Waals surface area contributed by atoms with Crippen molar-refractivity contribution in [2.45, 2.75) is 52.3 Å². The van der Waals surface area contributed by atoms with Crippen LogP contribution in [-0.4, -0.2) is 37.9 Å². The molecule has 1 aliphatic carbocycles. The molecule has 4 nitrogen and oxygen atoms in total. The minimum absolute atomic E-state index is 0.0816. The SMILES string of the molecule is CCOC1CC(N[C@@H](C)C(=O)OC)C1(C)C. The minimum atomic E-state index is -0.253. The van der Waals surface area contributed by atoms with Gasteiger partial charge in [0.05, 0.1) is 13.2 Å². The van der Waals surface area contributed by atoms with E-state index in [1.807, 2.05) is 13.8 Å². The van der Waals surface area contributed by atoms with Gasteiger partial charge in [-0.05, 0) is 20.3 Å². The lowest BCUT2D eigenvalue weighted by atomic mass is 9.64. The standard InChI is InChI=1S/C12H23NO3/c1-6-16-10-7-9(12(10,3)4)13-8(2)11(14)15-5/h8-10,13H,6-7H2,1-5H3/t8-,9?,10?/m0/s1. The van der Waals surface area contributed by atoms with Crippen LogP contribution in [0.1, 0.15) is 34.1 Å². The van der Waals surface area contributed by atoms with Crippen LogP contribution >= 0.6 is 0 Å². The van der Waals surface area contributed by atoms with Crippen molar-refractivity contribution < 1.29 is 14.3 Å². The van der Waals surface area contributed by atoms with Gasteiger partial charge in [-0.3, -0.25) is 4.79 Å². The van der Waals surface area contributed by atoms with Gasteiger partial charge < -0.3 is 14.8 Å². The van der Waals surface area contributed by atoms with Crippen LogP contribution in [0.15, 0.2) is 0 Å². The van der Waals surface area contributed by atoms with Crippen LogP contribution in [0.5, 0.6) is 0 Å². The monoisotopic (exact) mass is 229 g/mol. The molecule has 0 heterocycles. The fourth-order valence-corrected chi connectivity index (χ4v) is 2.20. The van der Waals surface area contributed by atoms with Crippen molar-refractivity contribution in [2.75, 3.05) is 13.7 Å². The molecule has 2 unspecified atom stereocenters. The first-order chi connectivity index (χ1) is 7.43. The van der Waals surface area contributed by atoms with E-state index >= 15 is 0 Å². The molecule has 0 aromatic carbocycles. The maximum atomic E-state index is 11.3. The van der Waals surface area contributed by atoms with E-state index in [4.69, 9.17) is 9.47 Å². The fourth-order valence-electron chi connectivity index (χ4n) is 2.20. The molecule has 0 radical (unpaired) electrons. The topological polar surface area (TPSA) is 47.6 Å². The summed E-state index contributed by atoms with van der Waals surface area (Å²) in [6.07, 6.45) is 1.25. The number of nitrogens with one attached hydrogen (secondary N) is 1. The van der Waals surface area contributed by atoms with E-state index in [1.165, 1.54) is 7.11 Å². The Morgan fingerprint density at radius 2 is 2.19 bits per heavy atom. The molecule has 4 heteroatoms. The van der Waals surface area contributed by atoms with E-state index in [0.717, 1.165) is 13.0 Å². The zero-order valence-corrected chi connectivity index (χ0v) is 10.9. The van der Waals surface area contributed by atoms with Gasteiger partial charge in [0.25, 0.3) is 0 Å². The predicted molar refractivity (Wildman–Crippen MR) is 62.2 cm³/mol. The zero-order chi connectivity index (χ0) is 12.3. The van der Waals surface area contributed by atoms with Crippen LogP contribution in [0.2, 0.25) is 0 Å². The number of carbonyl (C=O) groups excluding carboxylic acids is 1. The molecule has 1 aliphatic rings. The maximum absolute atomic E-state index is 11.3. The third-order valence-corrected chi connectivity index (χ3v) is 3.55. The van der Waals surface area contributed by atoms with Crippen LogP contribution in [0.3, 0.4) is 0 Å². The first kappa shape index (κ1) is 13.5. The molecule has 0 aliphatic heterocycles. The van der Waals surface area contributed by atoms with E-state index in [2.05, 4.69) is 19.2 Å². The summed E-state index contributed by atoms with van der Waals surface area (Å²) in [5.74, 6) is -0.212. The number of methoxy groups -OCH3 is 1. The van der Waals surface area contributed by atoms with Crippen molar-refractivity contribution in [3.63, 3.8) is 0 Å². The molecule has 1 rings (SSSR count). The summed E-state index contributed by atoms with van der Waals surface area (Å²) in [5, 5.41) is 3.29. The van der Waals surface area contributed by atoms with Gasteiger partial charge in [-0.2, -0.15) is 0 Å². The van der Waals surface area contributed by atoms with Crippen molar-refractivity contribution in [2.24, 2.45) is 5.41 Å². The Labute approximate surface area is 97.7 Å². The van der Waals surface area contributed by atoms with Gasteiger partial charge in [-0.15, -0.1) is 0 Å². The lowest BCUT2D eigenvalue weighted by Crippen LogP contribution is -2.63. The summed E-state index contributed by atoms with van der Waals surface area (Å²) < 4.78 is 10.3. The second-order valence-electron chi connectivity index (χ2n) is 4.97. The van der Waals surface area contributed by atoms with Crippen LogP contribution in [-0.2, 0) is 14.3 Å². The fraction of sp³-hybridized carbons (Fsp3) is 0.917. The molecule has 0 aromatic rings. The van der Waals surface area contributed by atoms with Crippen molar-refractivity contribution in [1.82, 2.24) is 5.32 Å². The molecular weight excluding hydrogens is 206 g/mol. The zero-order valence-electron chi connectivity index (χ0n) is 10.9. The van der Waals surface area contributed by atoms with Crippen molar-refractivity contribution >= 4 is 5.97 Å².